The quantitative estimate of drug-likeness (QED) is 0.0580. The smallest absolute Gasteiger partial charge is 0.701 e. The number of hydrogen-bond donors (Lipinski definition) is 0. The first-order valence-corrected chi connectivity index (χ1v) is 26.7. The molecular weight excluding hydrogens is 1290 g/mol. The van der Waals surface area contributed by atoms with Crippen LogP contribution in [0.5, 0.6) is 0 Å². The molecule has 445 valence electrons. The van der Waals surface area contributed by atoms with E-state index in [4.69, 9.17) is 55.1 Å². The van der Waals surface area contributed by atoms with Crippen molar-refractivity contribution in [3.05, 3.63) is 266 Å². The first-order valence-electron chi connectivity index (χ1n) is 22.2. The summed E-state index contributed by atoms with van der Waals surface area (Å²) < 4.78 is 0. The zero-order chi connectivity index (χ0) is 62.0. The summed E-state index contributed by atoms with van der Waals surface area (Å²) in [6.07, 6.45) is 18.1. The van der Waals surface area contributed by atoms with Crippen LogP contribution >= 0.6 is 55.4 Å². The van der Waals surface area contributed by atoms with E-state index >= 15 is 0 Å². The van der Waals surface area contributed by atoms with Crippen LogP contribution in [0.1, 0.15) is 46.7 Å². The maximum absolute atomic E-state index is 8.27. The van der Waals surface area contributed by atoms with Crippen molar-refractivity contribution in [2.45, 2.75) is 38.5 Å². The second-order valence-electron chi connectivity index (χ2n) is 13.4. The van der Waals surface area contributed by atoms with Gasteiger partial charge < -0.3 is 49.9 Å². The molecule has 0 fully saturated rings. The summed E-state index contributed by atoms with van der Waals surface area (Å²) in [7, 11) is 15.8. The molecule has 1 radical (unpaired) electrons. The molecule has 23 heteroatoms. The molecular formula is C61H67Mn3N7O7P6-6. The summed E-state index contributed by atoms with van der Waals surface area (Å²) >= 11 is 0. The fraction of sp³-hybridized carbons (Fsp3) is 0.131. The number of pyridine rings is 1. The number of hydrogen-bond acceptors (Lipinski definition) is 11. The molecule has 3 heterocycles. The van der Waals surface area contributed by atoms with Crippen LogP contribution in [0.3, 0.4) is 0 Å². The Labute approximate surface area is 545 Å². The summed E-state index contributed by atoms with van der Waals surface area (Å²) in [4.78, 5) is 58.8. The van der Waals surface area contributed by atoms with Gasteiger partial charge in [-0.1, -0.05) is 128 Å². The van der Waals surface area contributed by atoms with Crippen molar-refractivity contribution in [3.8, 4) is 18.2 Å². The van der Waals surface area contributed by atoms with Crippen molar-refractivity contribution >= 4 is 109 Å². The van der Waals surface area contributed by atoms with Crippen molar-refractivity contribution in [2.24, 2.45) is 0 Å². The standard InChI is InChI=1S/C15H17N2P2.C8H7N.2C8H6N.2C7H10NP2.7CHO.CH4.3Mn/c16-13(9-11-5-2-1-3-6-11)15(19)14-8-4-7-12(10-18)17-14;3*9-7-6-8-4-2-1-3-5-8;2*9-4-6-2-1-3-7(5-10)8-6;7*1-2;;;;/h1-9,15-16H,10,18-19H2;1-5H,6H2;2*2-5H,6H2;2*1-4H,5,9-10H2;7*1H;1H4;;;/q-1;;11*-1;;;2*+3/b13-9-;;;;;;;;;;;;;;;;. The van der Waals surface area contributed by atoms with Gasteiger partial charge in [0.2, 0.25) is 0 Å². The Morgan fingerprint density at radius 2 is 0.893 bits per heavy atom. The molecule has 1 aromatic heterocycles. The van der Waals surface area contributed by atoms with E-state index in [1.54, 1.807) is 0 Å². The van der Waals surface area contributed by atoms with Crippen molar-refractivity contribution in [2.75, 3.05) is 12.3 Å². The van der Waals surface area contributed by atoms with Crippen LogP contribution in [0.4, 0.5) is 0 Å². The van der Waals surface area contributed by atoms with Crippen LogP contribution in [0.25, 0.3) is 22.4 Å². The number of allylic oxidation sites excluding steroid dienone is 9. The summed E-state index contributed by atoms with van der Waals surface area (Å²) in [5, 5.41) is 33.4. The van der Waals surface area contributed by atoms with Gasteiger partial charge in [-0.05, 0) is 35.6 Å². The predicted molar refractivity (Wildman–Crippen MR) is 354 cm³/mol. The second-order valence-corrected chi connectivity index (χ2v) is 16.0. The van der Waals surface area contributed by atoms with E-state index in [9.17, 15) is 0 Å². The number of carbonyl (C=O) groups excluding carboxylic acids is 7. The number of nitrogens with zero attached hydrogens (tertiary/aromatic N) is 6. The van der Waals surface area contributed by atoms with Gasteiger partial charge in [0.15, 0.2) is 0 Å². The minimum Gasteiger partial charge on any atom is -0.701 e. The summed E-state index contributed by atoms with van der Waals surface area (Å²) in [6, 6.07) is 52.4. The predicted octanol–water partition coefficient (Wildman–Crippen LogP) is 12.8. The number of rotatable bonds is 9. The Morgan fingerprint density at radius 3 is 1.21 bits per heavy atom. The molecule has 84 heavy (non-hydrogen) atoms. The molecule has 0 amide bonds. The normalized spacial score (nSPS) is 10.9. The average molecular weight is 1360 g/mol. The first kappa shape index (κ1) is 99.9. The minimum absolute atomic E-state index is 0. The Bertz CT molecular complexity index is 2480. The molecule has 5 aromatic rings. The summed E-state index contributed by atoms with van der Waals surface area (Å²) in [5.41, 5.74) is 19.1. The molecule has 7 unspecified atom stereocenters. The van der Waals surface area contributed by atoms with Crippen molar-refractivity contribution in [1.82, 2.24) is 4.98 Å². The van der Waals surface area contributed by atoms with E-state index < -0.39 is 0 Å². The second kappa shape index (κ2) is 81.1. The van der Waals surface area contributed by atoms with Crippen molar-refractivity contribution in [3.63, 3.8) is 0 Å². The molecule has 4 aromatic carbocycles. The van der Waals surface area contributed by atoms with Gasteiger partial charge in [-0.2, -0.15) is 93.5 Å². The molecule has 14 nitrogen and oxygen atoms in total. The van der Waals surface area contributed by atoms with Gasteiger partial charge in [-0.15, -0.1) is 78.0 Å². The topological polar surface area (TPSA) is 256 Å². The van der Waals surface area contributed by atoms with Gasteiger partial charge in [-0.25, -0.2) is 0 Å². The zero-order valence-electron chi connectivity index (χ0n) is 44.8. The van der Waals surface area contributed by atoms with Crippen LogP contribution < -0.4 is 0 Å². The number of benzene rings is 4. The molecule has 0 saturated heterocycles. The third kappa shape index (κ3) is 56.4. The van der Waals surface area contributed by atoms with E-state index in [2.05, 4.69) is 149 Å². The van der Waals surface area contributed by atoms with Gasteiger partial charge in [0, 0.05) is 47.4 Å². The molecule has 7 rings (SSSR count). The fourth-order valence-electron chi connectivity index (χ4n) is 5.12. The molecule has 1 N–H and O–H groups in total. The average Bonchev–Trinajstić information content (AvgIpc) is 3.58. The maximum Gasteiger partial charge on any atom is 3.00 e. The van der Waals surface area contributed by atoms with Crippen LogP contribution in [0.15, 0.2) is 204 Å². The Hall–Kier alpha value is -6.09. The van der Waals surface area contributed by atoms with E-state index in [0.717, 1.165) is 74.9 Å². The molecule has 0 spiro atoms. The van der Waals surface area contributed by atoms with Gasteiger partial charge >= 0.3 is 34.1 Å². The van der Waals surface area contributed by atoms with Crippen LogP contribution in [-0.2, 0) is 110 Å². The molecule has 0 aliphatic carbocycles. The Balaban J connectivity index is -0.0000000947. The molecule has 2 aliphatic heterocycles. The first-order chi connectivity index (χ1) is 39.2. The molecule has 0 saturated carbocycles. The van der Waals surface area contributed by atoms with Gasteiger partial charge in [-0.3, -0.25) is 52.5 Å². The van der Waals surface area contributed by atoms with E-state index in [1.165, 1.54) is 0 Å². The number of nitriles is 3. The largest absolute Gasteiger partial charge is 3.00 e. The van der Waals surface area contributed by atoms with Crippen LogP contribution in [0, 0.1) is 46.1 Å². The van der Waals surface area contributed by atoms with Gasteiger partial charge in [0.25, 0.3) is 0 Å². The zero-order valence-corrected chi connectivity index (χ0v) is 55.3. The Kier molecular flexibility index (Phi) is 96.5. The van der Waals surface area contributed by atoms with Crippen molar-refractivity contribution in [1.29, 1.82) is 15.8 Å². The summed E-state index contributed by atoms with van der Waals surface area (Å²) in [5.74, 6) is 3.84. The molecule has 0 bridgehead atoms. The minimum atomic E-state index is -0.0725. The third-order valence-corrected chi connectivity index (χ3v) is 11.1. The summed E-state index contributed by atoms with van der Waals surface area (Å²) in [6.45, 7) is 22.8. The van der Waals surface area contributed by atoms with Crippen molar-refractivity contribution < 1.29 is 84.8 Å². The SMILES string of the molecule is C.N#CCc1cc[c-]cc1.N#CCc1cc[c-]cc1.N#CCc1ccccc1.PC=C1C=CC=C(CP)[N-]1.PC=C1C=CC=C(CP)[N-]1.[CH-]=O.[CH-]=O.[CH-]=O.[CH-]=O.[CH-]=O.[CH-]=O.[CH-]=O.[Mn+3].[Mn+3].[Mn].[NH-]/C(=C\c1ccccc1)C(P)c1cccc(CP)n1. The third-order valence-electron chi connectivity index (χ3n) is 8.50. The maximum atomic E-state index is 8.27. The number of aromatic nitrogens is 1. The van der Waals surface area contributed by atoms with E-state index in [-0.39, 0.29) is 64.3 Å². The van der Waals surface area contributed by atoms with E-state index in [1.807, 2.05) is 182 Å². The van der Waals surface area contributed by atoms with Crippen LogP contribution in [0.2, 0.25) is 0 Å². The van der Waals surface area contributed by atoms with E-state index in [0.29, 0.717) is 25.0 Å². The van der Waals surface area contributed by atoms with Gasteiger partial charge in [0.05, 0.1) is 30.3 Å². The number of nitrogens with one attached hydrogen (secondary N) is 1. The Morgan fingerprint density at radius 1 is 0.548 bits per heavy atom. The molecule has 7 atom stereocenters. The monoisotopic (exact) mass is 1360 g/mol. The van der Waals surface area contributed by atoms with Gasteiger partial charge in [0.1, 0.15) is 0 Å². The fourth-order valence-corrected chi connectivity index (χ4v) is 6.46. The van der Waals surface area contributed by atoms with Crippen LogP contribution in [-0.4, -0.2) is 64.8 Å². The molecule has 2 aliphatic rings.